The molecule has 0 aliphatic heterocycles. The first kappa shape index (κ1) is 13.7. The summed E-state index contributed by atoms with van der Waals surface area (Å²) in [5, 5.41) is 3.37. The summed E-state index contributed by atoms with van der Waals surface area (Å²) in [4.78, 5) is 8.24. The molecule has 1 aromatic carbocycles. The van der Waals surface area contributed by atoms with Gasteiger partial charge in [-0.05, 0) is 23.6 Å². The molecule has 0 fully saturated rings. The van der Waals surface area contributed by atoms with Crippen LogP contribution in [0, 0.1) is 0 Å². The molecule has 3 heteroatoms. The lowest BCUT2D eigenvalue weighted by atomic mass is 9.81. The molecule has 0 amide bonds. The zero-order valence-corrected chi connectivity index (χ0v) is 12.0. The lowest BCUT2D eigenvalue weighted by Gasteiger charge is -2.27. The molecule has 1 atom stereocenters. The Labute approximate surface area is 115 Å². The number of hydrogen-bond donors (Lipinski definition) is 1. The van der Waals surface area contributed by atoms with E-state index in [1.807, 2.05) is 19.4 Å². The number of nitrogens with zero attached hydrogens (tertiary/aromatic N) is 2. The first-order chi connectivity index (χ1) is 9.04. The number of hydrogen-bond acceptors (Lipinski definition) is 3. The van der Waals surface area contributed by atoms with Gasteiger partial charge in [0.25, 0.3) is 0 Å². The van der Waals surface area contributed by atoms with E-state index in [1.165, 1.54) is 11.1 Å². The highest BCUT2D eigenvalue weighted by Gasteiger charge is 2.22. The SMILES string of the molecule is CNC(c1cncnc1)c1ccccc1C(C)(C)C. The van der Waals surface area contributed by atoms with E-state index >= 15 is 0 Å². The van der Waals surface area contributed by atoms with Crippen LogP contribution in [0.1, 0.15) is 43.5 Å². The minimum Gasteiger partial charge on any atom is -0.309 e. The summed E-state index contributed by atoms with van der Waals surface area (Å²) in [6.07, 6.45) is 5.30. The van der Waals surface area contributed by atoms with Crippen LogP contribution in [-0.4, -0.2) is 17.0 Å². The zero-order chi connectivity index (χ0) is 13.9. The summed E-state index contributed by atoms with van der Waals surface area (Å²) in [6.45, 7) is 6.71. The lowest BCUT2D eigenvalue weighted by molar-refractivity contribution is 0.566. The molecule has 2 rings (SSSR count). The van der Waals surface area contributed by atoms with Gasteiger partial charge < -0.3 is 5.32 Å². The molecule has 0 saturated carbocycles. The predicted octanol–water partition coefficient (Wildman–Crippen LogP) is 3.08. The molecule has 1 aromatic heterocycles. The first-order valence-electron chi connectivity index (χ1n) is 6.55. The van der Waals surface area contributed by atoms with E-state index in [1.54, 1.807) is 6.33 Å². The summed E-state index contributed by atoms with van der Waals surface area (Å²) in [5.74, 6) is 0. The molecule has 0 aliphatic rings. The highest BCUT2D eigenvalue weighted by Crippen LogP contribution is 2.31. The Kier molecular flexibility index (Phi) is 3.96. The fourth-order valence-electron chi connectivity index (χ4n) is 2.39. The fraction of sp³-hybridized carbons (Fsp3) is 0.375. The van der Waals surface area contributed by atoms with Gasteiger partial charge in [-0.1, -0.05) is 45.0 Å². The third-order valence-electron chi connectivity index (χ3n) is 3.28. The molecule has 3 nitrogen and oxygen atoms in total. The second-order valence-corrected chi connectivity index (χ2v) is 5.73. The van der Waals surface area contributed by atoms with E-state index in [9.17, 15) is 0 Å². The van der Waals surface area contributed by atoms with E-state index in [0.29, 0.717) is 0 Å². The molecule has 0 bridgehead atoms. The Bertz CT molecular complexity index is 529. The van der Waals surface area contributed by atoms with Gasteiger partial charge in [-0.2, -0.15) is 0 Å². The summed E-state index contributed by atoms with van der Waals surface area (Å²) in [6, 6.07) is 8.67. The molecule has 100 valence electrons. The van der Waals surface area contributed by atoms with Crippen molar-refractivity contribution in [2.45, 2.75) is 32.2 Å². The molecule has 1 heterocycles. The van der Waals surface area contributed by atoms with Crippen molar-refractivity contribution in [3.05, 3.63) is 59.7 Å². The summed E-state index contributed by atoms with van der Waals surface area (Å²) < 4.78 is 0. The van der Waals surface area contributed by atoms with Crippen LogP contribution in [0.15, 0.2) is 43.0 Å². The van der Waals surface area contributed by atoms with Crippen LogP contribution in [0.2, 0.25) is 0 Å². The smallest absolute Gasteiger partial charge is 0.115 e. The van der Waals surface area contributed by atoms with E-state index in [2.05, 4.69) is 60.3 Å². The van der Waals surface area contributed by atoms with Gasteiger partial charge in [0.05, 0.1) is 6.04 Å². The lowest BCUT2D eigenvalue weighted by Crippen LogP contribution is -2.23. The predicted molar refractivity (Wildman–Crippen MR) is 78.1 cm³/mol. The monoisotopic (exact) mass is 255 g/mol. The molecule has 0 saturated heterocycles. The second-order valence-electron chi connectivity index (χ2n) is 5.73. The van der Waals surface area contributed by atoms with Gasteiger partial charge in [-0.25, -0.2) is 9.97 Å². The minimum atomic E-state index is 0.112. The van der Waals surface area contributed by atoms with E-state index in [-0.39, 0.29) is 11.5 Å². The van der Waals surface area contributed by atoms with Crippen molar-refractivity contribution in [1.82, 2.24) is 15.3 Å². The first-order valence-corrected chi connectivity index (χ1v) is 6.55. The molecule has 0 radical (unpaired) electrons. The maximum Gasteiger partial charge on any atom is 0.115 e. The van der Waals surface area contributed by atoms with Crippen LogP contribution in [0.25, 0.3) is 0 Å². The molecule has 0 spiro atoms. The van der Waals surface area contributed by atoms with Gasteiger partial charge in [0.2, 0.25) is 0 Å². The van der Waals surface area contributed by atoms with Gasteiger partial charge >= 0.3 is 0 Å². The van der Waals surface area contributed by atoms with E-state index < -0.39 is 0 Å². The highest BCUT2D eigenvalue weighted by molar-refractivity contribution is 5.39. The van der Waals surface area contributed by atoms with E-state index in [4.69, 9.17) is 0 Å². The molecular weight excluding hydrogens is 234 g/mol. The topological polar surface area (TPSA) is 37.8 Å². The van der Waals surface area contributed by atoms with Crippen LogP contribution in [-0.2, 0) is 5.41 Å². The van der Waals surface area contributed by atoms with Crippen molar-refractivity contribution < 1.29 is 0 Å². The largest absolute Gasteiger partial charge is 0.309 e. The van der Waals surface area contributed by atoms with Crippen LogP contribution < -0.4 is 5.32 Å². The summed E-state index contributed by atoms with van der Waals surface area (Å²) in [5.41, 5.74) is 3.83. The summed E-state index contributed by atoms with van der Waals surface area (Å²) >= 11 is 0. The standard InChI is InChI=1S/C16H21N3/c1-16(2,3)14-8-6-5-7-13(14)15(17-4)12-9-18-11-19-10-12/h5-11,15,17H,1-4H3. The number of nitrogens with one attached hydrogen (secondary N) is 1. The maximum absolute atomic E-state index is 4.12. The Morgan fingerprint density at radius 3 is 2.26 bits per heavy atom. The highest BCUT2D eigenvalue weighted by atomic mass is 14.9. The Hall–Kier alpha value is -1.74. The van der Waals surface area contributed by atoms with Gasteiger partial charge in [-0.3, -0.25) is 0 Å². The van der Waals surface area contributed by atoms with Crippen molar-refractivity contribution in [2.75, 3.05) is 7.05 Å². The molecule has 1 N–H and O–H groups in total. The Balaban J connectivity index is 2.51. The van der Waals surface area contributed by atoms with Gasteiger partial charge in [0, 0.05) is 18.0 Å². The molecule has 19 heavy (non-hydrogen) atoms. The van der Waals surface area contributed by atoms with Crippen molar-refractivity contribution in [3.63, 3.8) is 0 Å². The Morgan fingerprint density at radius 1 is 1.05 bits per heavy atom. The Morgan fingerprint density at radius 2 is 1.68 bits per heavy atom. The summed E-state index contributed by atoms with van der Waals surface area (Å²) in [7, 11) is 1.97. The fourth-order valence-corrected chi connectivity index (χ4v) is 2.39. The molecule has 1 unspecified atom stereocenters. The molecule has 2 aromatic rings. The quantitative estimate of drug-likeness (QED) is 0.916. The van der Waals surface area contributed by atoms with Crippen LogP contribution in [0.3, 0.4) is 0 Å². The van der Waals surface area contributed by atoms with Crippen molar-refractivity contribution >= 4 is 0 Å². The van der Waals surface area contributed by atoms with Crippen molar-refractivity contribution in [3.8, 4) is 0 Å². The normalized spacial score (nSPS) is 13.3. The van der Waals surface area contributed by atoms with Crippen LogP contribution in [0.5, 0.6) is 0 Å². The average Bonchev–Trinajstić information content (AvgIpc) is 2.40. The van der Waals surface area contributed by atoms with Crippen molar-refractivity contribution in [2.24, 2.45) is 0 Å². The van der Waals surface area contributed by atoms with Gasteiger partial charge in [0.1, 0.15) is 6.33 Å². The maximum atomic E-state index is 4.12. The number of aromatic nitrogens is 2. The third kappa shape index (κ3) is 2.99. The minimum absolute atomic E-state index is 0.112. The van der Waals surface area contributed by atoms with Gasteiger partial charge in [0.15, 0.2) is 0 Å². The molecule has 0 aliphatic carbocycles. The van der Waals surface area contributed by atoms with Gasteiger partial charge in [-0.15, -0.1) is 0 Å². The van der Waals surface area contributed by atoms with Crippen LogP contribution in [0.4, 0.5) is 0 Å². The zero-order valence-electron chi connectivity index (χ0n) is 12.0. The van der Waals surface area contributed by atoms with E-state index in [0.717, 1.165) is 5.56 Å². The molecular formula is C16H21N3. The third-order valence-corrected chi connectivity index (χ3v) is 3.28. The second kappa shape index (κ2) is 5.49. The van der Waals surface area contributed by atoms with Crippen molar-refractivity contribution in [1.29, 1.82) is 0 Å². The number of rotatable bonds is 3. The average molecular weight is 255 g/mol. The number of benzene rings is 1. The van der Waals surface area contributed by atoms with Crippen LogP contribution >= 0.6 is 0 Å².